The van der Waals surface area contributed by atoms with Gasteiger partial charge in [-0.25, -0.2) is 0 Å². The average Bonchev–Trinajstić information content (AvgIpc) is 3.67. The van der Waals surface area contributed by atoms with Crippen molar-refractivity contribution in [2.24, 2.45) is 0 Å². The van der Waals surface area contributed by atoms with Gasteiger partial charge in [-0.05, 0) is 131 Å². The summed E-state index contributed by atoms with van der Waals surface area (Å²) in [6, 6.07) is 60.1. The molecule has 2 heterocycles. The van der Waals surface area contributed by atoms with E-state index in [1.54, 1.807) is 0 Å². The monoisotopic (exact) mass is 728 g/mol. The van der Waals surface area contributed by atoms with Crippen molar-refractivity contribution in [1.82, 2.24) is 9.13 Å². The third-order valence-electron chi connectivity index (χ3n) is 11.8. The van der Waals surface area contributed by atoms with Crippen molar-refractivity contribution in [2.45, 2.75) is 19.3 Å². The number of aromatic nitrogens is 2. The van der Waals surface area contributed by atoms with Gasteiger partial charge in [0.1, 0.15) is 0 Å². The summed E-state index contributed by atoms with van der Waals surface area (Å²) >= 11 is 0. The molecule has 57 heavy (non-hydrogen) atoms. The van der Waals surface area contributed by atoms with E-state index in [4.69, 9.17) is 0 Å². The molecule has 0 N–H and O–H groups in total. The number of hydrogen-bond acceptors (Lipinski definition) is 0. The fraction of sp³-hybridized carbons (Fsp3) is 0.0545. The molecule has 0 atom stereocenters. The molecular weight excluding hydrogens is 689 g/mol. The Balaban J connectivity index is 0.920. The topological polar surface area (TPSA) is 9.86 Å². The number of rotatable bonds is 6. The second-order valence-electron chi connectivity index (χ2n) is 15.2. The third-order valence-corrected chi connectivity index (χ3v) is 11.8. The Hall–Kier alpha value is -7.16. The lowest BCUT2D eigenvalue weighted by Gasteiger charge is -2.15. The van der Waals surface area contributed by atoms with Gasteiger partial charge >= 0.3 is 0 Å². The first-order valence-corrected chi connectivity index (χ1v) is 20.0. The summed E-state index contributed by atoms with van der Waals surface area (Å²) in [5.41, 5.74) is 17.3. The molecule has 0 fully saturated rings. The highest BCUT2D eigenvalue weighted by Gasteiger charge is 2.15. The summed E-state index contributed by atoms with van der Waals surface area (Å²) in [6.07, 6.45) is 19.2. The van der Waals surface area contributed by atoms with Crippen molar-refractivity contribution in [3.05, 3.63) is 223 Å². The molecule has 2 aliphatic rings. The van der Waals surface area contributed by atoms with Crippen LogP contribution < -0.4 is 0 Å². The van der Waals surface area contributed by atoms with Gasteiger partial charge in [0, 0.05) is 32.9 Å². The van der Waals surface area contributed by atoms with Crippen LogP contribution in [0.1, 0.15) is 36.0 Å². The van der Waals surface area contributed by atoms with Gasteiger partial charge in [0.25, 0.3) is 0 Å². The zero-order chi connectivity index (χ0) is 37.7. The van der Waals surface area contributed by atoms with Crippen molar-refractivity contribution in [3.63, 3.8) is 0 Å². The van der Waals surface area contributed by atoms with Gasteiger partial charge in [-0.2, -0.15) is 0 Å². The van der Waals surface area contributed by atoms with E-state index in [1.165, 1.54) is 99.5 Å². The van der Waals surface area contributed by atoms with Gasteiger partial charge in [-0.1, -0.05) is 140 Å². The number of fused-ring (bicyclic) bond motifs is 6. The van der Waals surface area contributed by atoms with Crippen LogP contribution in [0.2, 0.25) is 0 Å². The van der Waals surface area contributed by atoms with E-state index in [0.29, 0.717) is 0 Å². The Bertz CT molecular complexity index is 3070. The van der Waals surface area contributed by atoms with Gasteiger partial charge in [0.15, 0.2) is 0 Å². The SMILES string of the molecule is C1=CC(c2cc(C3=CCCC=C3)cc(-c3ccc(-n4c5ccccc5c5ccccc54)cc3)c2)=CCC(c2ccc(-n3c4ccccc4c4ccccc43)cc2)=C1. The van der Waals surface area contributed by atoms with Crippen molar-refractivity contribution in [1.29, 1.82) is 0 Å². The Kier molecular flexibility index (Phi) is 8.07. The van der Waals surface area contributed by atoms with E-state index in [9.17, 15) is 0 Å². The molecule has 11 rings (SSSR count). The van der Waals surface area contributed by atoms with Crippen LogP contribution in [0.5, 0.6) is 0 Å². The number of nitrogens with zero attached hydrogens (tertiary/aromatic N) is 2. The fourth-order valence-electron chi connectivity index (χ4n) is 9.04. The summed E-state index contributed by atoms with van der Waals surface area (Å²) in [5, 5.41) is 5.13. The maximum absolute atomic E-state index is 2.40. The quantitative estimate of drug-likeness (QED) is 0.161. The van der Waals surface area contributed by atoms with E-state index in [1.807, 2.05) is 0 Å². The second-order valence-corrected chi connectivity index (χ2v) is 15.2. The Morgan fingerprint density at radius 1 is 0.368 bits per heavy atom. The maximum Gasteiger partial charge on any atom is 0.0541 e. The fourth-order valence-corrected chi connectivity index (χ4v) is 9.04. The van der Waals surface area contributed by atoms with Crippen molar-refractivity contribution in [3.8, 4) is 22.5 Å². The first-order valence-electron chi connectivity index (χ1n) is 20.0. The standard InChI is InChI=1S/C55H40N2/c1-2-13-38(14-3-1)43-35-44(37-45(36-43)42-29-33-47(34-30-42)57-54-23-10-6-19-50(54)51-20-7-11-24-55(51)57)40-16-12-15-39(25-26-40)41-27-31-46(32-28-41)56-52-21-8-4-17-48(52)49-18-5-9-22-53(49)56/h2,4-24,26-37H,1,3,25H2. The minimum Gasteiger partial charge on any atom is -0.309 e. The molecule has 2 heteroatoms. The molecule has 0 radical (unpaired) electrons. The zero-order valence-corrected chi connectivity index (χ0v) is 31.6. The van der Waals surface area contributed by atoms with Crippen molar-refractivity contribution < 1.29 is 0 Å². The number of benzene rings is 7. The van der Waals surface area contributed by atoms with E-state index >= 15 is 0 Å². The Morgan fingerprint density at radius 3 is 1.32 bits per heavy atom. The first-order chi connectivity index (χ1) is 28.3. The van der Waals surface area contributed by atoms with Crippen LogP contribution in [-0.4, -0.2) is 9.13 Å². The maximum atomic E-state index is 2.40. The second kappa shape index (κ2) is 13.8. The third kappa shape index (κ3) is 5.81. The lowest BCUT2D eigenvalue weighted by atomic mass is 9.91. The molecule has 0 amide bonds. The highest BCUT2D eigenvalue weighted by atomic mass is 15.0. The van der Waals surface area contributed by atoms with E-state index in [-0.39, 0.29) is 0 Å². The summed E-state index contributed by atoms with van der Waals surface area (Å²) in [6.45, 7) is 0. The van der Waals surface area contributed by atoms with E-state index in [2.05, 4.69) is 215 Å². The largest absolute Gasteiger partial charge is 0.309 e. The predicted octanol–water partition coefficient (Wildman–Crippen LogP) is 14.7. The molecule has 0 saturated carbocycles. The first kappa shape index (κ1) is 33.2. The highest BCUT2D eigenvalue weighted by molar-refractivity contribution is 6.10. The van der Waals surface area contributed by atoms with Crippen LogP contribution in [-0.2, 0) is 0 Å². The average molecular weight is 729 g/mol. The predicted molar refractivity (Wildman–Crippen MR) is 243 cm³/mol. The van der Waals surface area contributed by atoms with E-state index < -0.39 is 0 Å². The lowest BCUT2D eigenvalue weighted by Crippen LogP contribution is -1.95. The minimum absolute atomic E-state index is 0.854. The summed E-state index contributed by atoms with van der Waals surface area (Å²) in [4.78, 5) is 0. The van der Waals surface area contributed by atoms with Crippen LogP contribution in [0.25, 0.3) is 82.8 Å². The number of hydrogen-bond donors (Lipinski definition) is 0. The summed E-state index contributed by atoms with van der Waals surface area (Å²) < 4.78 is 4.77. The zero-order valence-electron chi connectivity index (χ0n) is 31.6. The summed E-state index contributed by atoms with van der Waals surface area (Å²) in [7, 11) is 0. The molecule has 2 nitrogen and oxygen atoms in total. The van der Waals surface area contributed by atoms with Gasteiger partial charge in [0.05, 0.1) is 22.1 Å². The minimum atomic E-state index is 0.854. The summed E-state index contributed by atoms with van der Waals surface area (Å²) in [5.74, 6) is 0. The van der Waals surface area contributed by atoms with Crippen LogP contribution in [0, 0.1) is 0 Å². The smallest absolute Gasteiger partial charge is 0.0541 e. The number of allylic oxidation sites excluding steroid dienone is 10. The molecule has 9 aromatic rings. The molecule has 0 saturated heterocycles. The van der Waals surface area contributed by atoms with Crippen molar-refractivity contribution in [2.75, 3.05) is 0 Å². The molecular formula is C55H40N2. The molecule has 0 unspecified atom stereocenters. The van der Waals surface area contributed by atoms with Crippen LogP contribution >= 0.6 is 0 Å². The van der Waals surface area contributed by atoms with Gasteiger partial charge < -0.3 is 9.13 Å². The molecule has 0 bridgehead atoms. The molecule has 2 aliphatic carbocycles. The van der Waals surface area contributed by atoms with Crippen LogP contribution in [0.4, 0.5) is 0 Å². The molecule has 0 spiro atoms. The van der Waals surface area contributed by atoms with Crippen LogP contribution in [0.3, 0.4) is 0 Å². The Morgan fingerprint density at radius 2 is 0.825 bits per heavy atom. The highest BCUT2D eigenvalue weighted by Crippen LogP contribution is 2.37. The Labute approximate surface area is 333 Å². The van der Waals surface area contributed by atoms with Crippen molar-refractivity contribution >= 4 is 60.3 Å². The van der Waals surface area contributed by atoms with Gasteiger partial charge in [-0.15, -0.1) is 0 Å². The van der Waals surface area contributed by atoms with Crippen LogP contribution in [0.15, 0.2) is 206 Å². The molecule has 0 aliphatic heterocycles. The van der Waals surface area contributed by atoms with E-state index in [0.717, 1.165) is 19.3 Å². The normalized spacial score (nSPS) is 14.3. The van der Waals surface area contributed by atoms with Gasteiger partial charge in [0.2, 0.25) is 0 Å². The lowest BCUT2D eigenvalue weighted by molar-refractivity contribution is 1.04. The molecule has 7 aromatic carbocycles. The van der Waals surface area contributed by atoms with Gasteiger partial charge in [-0.3, -0.25) is 0 Å². The number of para-hydroxylation sites is 4. The molecule has 270 valence electrons. The molecule has 2 aromatic heterocycles.